The monoisotopic (exact) mass is 474 g/mol. The summed E-state index contributed by atoms with van der Waals surface area (Å²) in [7, 11) is 0. The van der Waals surface area contributed by atoms with Gasteiger partial charge in [0, 0.05) is 0 Å². The molecule has 0 heterocycles. The van der Waals surface area contributed by atoms with E-state index in [4.69, 9.17) is 5.11 Å². The summed E-state index contributed by atoms with van der Waals surface area (Å²) >= 11 is 0. The van der Waals surface area contributed by atoms with E-state index >= 15 is 0 Å². The van der Waals surface area contributed by atoms with Gasteiger partial charge in [0.15, 0.2) is 0 Å². The number of hydrogen-bond donors (Lipinski definition) is 3. The molecule has 0 spiro atoms. The molecular weight excluding hydrogens is 432 g/mol. The number of fused-ring (bicyclic) bond motifs is 5. The Morgan fingerprint density at radius 2 is 1.86 bits per heavy atom. The molecule has 0 amide bonds. The molecule has 3 unspecified atom stereocenters. The number of rotatable bonds is 7. The Bertz CT molecular complexity index is 1040. The van der Waals surface area contributed by atoms with Crippen LogP contribution in [-0.4, -0.2) is 28.0 Å². The number of phenols is 1. The first-order chi connectivity index (χ1) is 16.8. The largest absolute Gasteiger partial charge is 0.508 e. The molecule has 6 atom stereocenters. The average Bonchev–Trinajstić information content (AvgIpc) is 3.13. The zero-order valence-corrected chi connectivity index (χ0v) is 21.5. The highest BCUT2D eigenvalue weighted by atomic mass is 16.3. The Kier molecular flexibility index (Phi) is 8.19. The summed E-state index contributed by atoms with van der Waals surface area (Å²) in [5.74, 6) is 2.62. The number of hydrogen-bond acceptors (Lipinski definition) is 3. The van der Waals surface area contributed by atoms with E-state index in [2.05, 4.69) is 50.3 Å². The van der Waals surface area contributed by atoms with Crippen LogP contribution in [0.3, 0.4) is 0 Å². The minimum atomic E-state index is -0.166. The Morgan fingerprint density at radius 3 is 2.66 bits per heavy atom. The van der Waals surface area contributed by atoms with Crippen molar-refractivity contribution in [1.82, 2.24) is 0 Å². The number of allylic oxidation sites excluding steroid dienone is 9. The molecule has 3 heteroatoms. The second kappa shape index (κ2) is 11.1. The van der Waals surface area contributed by atoms with Crippen LogP contribution in [0.25, 0.3) is 0 Å². The van der Waals surface area contributed by atoms with Gasteiger partial charge in [0.25, 0.3) is 0 Å². The SMILES string of the molecule is CC(C=CC=CC[C@@H]1Cc2cc(O)ccc2C2CC[C@@]3(C)C(CC[C@@H]3O)C21)=CC=CC(C)=CCO. The van der Waals surface area contributed by atoms with Crippen molar-refractivity contribution in [2.24, 2.45) is 23.2 Å². The minimum absolute atomic E-state index is 0.0532. The molecule has 0 aliphatic heterocycles. The van der Waals surface area contributed by atoms with Crippen molar-refractivity contribution in [3.8, 4) is 5.75 Å². The molecule has 4 rings (SSSR count). The van der Waals surface area contributed by atoms with Crippen molar-refractivity contribution in [3.05, 3.63) is 89.1 Å². The molecule has 188 valence electrons. The van der Waals surface area contributed by atoms with Gasteiger partial charge in [-0.05, 0) is 105 Å². The number of benzene rings is 1. The van der Waals surface area contributed by atoms with E-state index in [0.29, 0.717) is 29.4 Å². The number of phenolic OH excluding ortho intramolecular Hbond substituents is 1. The van der Waals surface area contributed by atoms with Gasteiger partial charge in [0.2, 0.25) is 0 Å². The van der Waals surface area contributed by atoms with E-state index in [-0.39, 0.29) is 18.1 Å². The van der Waals surface area contributed by atoms with Crippen LogP contribution < -0.4 is 0 Å². The predicted octanol–water partition coefficient (Wildman–Crippen LogP) is 6.78. The minimum Gasteiger partial charge on any atom is -0.508 e. The lowest BCUT2D eigenvalue weighted by atomic mass is 9.52. The van der Waals surface area contributed by atoms with Gasteiger partial charge in [-0.1, -0.05) is 72.7 Å². The molecule has 35 heavy (non-hydrogen) atoms. The molecule has 3 N–H and O–H groups in total. The highest BCUT2D eigenvalue weighted by Crippen LogP contribution is 2.62. The van der Waals surface area contributed by atoms with E-state index < -0.39 is 0 Å². The third-order valence-electron chi connectivity index (χ3n) is 9.01. The molecule has 0 saturated heterocycles. The molecule has 3 nitrogen and oxygen atoms in total. The Morgan fingerprint density at radius 1 is 1.06 bits per heavy atom. The molecule has 0 radical (unpaired) electrons. The van der Waals surface area contributed by atoms with Crippen LogP contribution >= 0.6 is 0 Å². The van der Waals surface area contributed by atoms with Gasteiger partial charge in [0.05, 0.1) is 12.7 Å². The van der Waals surface area contributed by atoms with Gasteiger partial charge in [-0.2, -0.15) is 0 Å². The first-order valence-corrected chi connectivity index (χ1v) is 13.3. The van der Waals surface area contributed by atoms with Crippen molar-refractivity contribution in [2.75, 3.05) is 6.61 Å². The van der Waals surface area contributed by atoms with Crippen molar-refractivity contribution < 1.29 is 15.3 Å². The van der Waals surface area contributed by atoms with Crippen molar-refractivity contribution in [1.29, 1.82) is 0 Å². The van der Waals surface area contributed by atoms with Crippen LogP contribution in [0.5, 0.6) is 5.75 Å². The lowest BCUT2D eigenvalue weighted by Gasteiger charge is -2.53. The average molecular weight is 475 g/mol. The molecule has 0 aromatic heterocycles. The van der Waals surface area contributed by atoms with Crippen LogP contribution in [0.1, 0.15) is 69.9 Å². The molecule has 0 bridgehead atoms. The maximum absolute atomic E-state index is 10.8. The normalized spacial score (nSPS) is 33.5. The quantitative estimate of drug-likeness (QED) is 0.382. The summed E-state index contributed by atoms with van der Waals surface area (Å²) in [6.45, 7) is 6.46. The molecule has 2 saturated carbocycles. The third-order valence-corrected chi connectivity index (χ3v) is 9.01. The lowest BCUT2D eigenvalue weighted by molar-refractivity contribution is -0.0377. The van der Waals surface area contributed by atoms with Gasteiger partial charge >= 0.3 is 0 Å². The zero-order valence-electron chi connectivity index (χ0n) is 21.5. The summed E-state index contributed by atoms with van der Waals surface area (Å²) in [6.07, 6.45) is 22.7. The summed E-state index contributed by atoms with van der Waals surface area (Å²) in [4.78, 5) is 0. The van der Waals surface area contributed by atoms with Crippen LogP contribution in [0.15, 0.2) is 78.0 Å². The van der Waals surface area contributed by atoms with Crippen LogP contribution in [0.4, 0.5) is 0 Å². The van der Waals surface area contributed by atoms with E-state index in [1.54, 1.807) is 6.08 Å². The van der Waals surface area contributed by atoms with Crippen molar-refractivity contribution in [3.63, 3.8) is 0 Å². The maximum atomic E-state index is 10.8. The van der Waals surface area contributed by atoms with E-state index in [1.165, 1.54) is 16.7 Å². The first kappa shape index (κ1) is 25.7. The predicted molar refractivity (Wildman–Crippen MR) is 144 cm³/mol. The Hall–Kier alpha value is -2.36. The van der Waals surface area contributed by atoms with Crippen LogP contribution in [0, 0.1) is 23.2 Å². The molecule has 1 aromatic rings. The molecular formula is C32H42O3. The molecule has 2 fully saturated rings. The number of aliphatic hydroxyl groups excluding tert-OH is 2. The highest BCUT2D eigenvalue weighted by Gasteiger charge is 2.56. The number of aliphatic hydroxyl groups is 2. The molecule has 3 aliphatic carbocycles. The van der Waals surface area contributed by atoms with Crippen molar-refractivity contribution in [2.45, 2.75) is 71.3 Å². The van der Waals surface area contributed by atoms with Gasteiger partial charge in [-0.15, -0.1) is 0 Å². The fourth-order valence-corrected chi connectivity index (χ4v) is 7.14. The fraction of sp³-hybridized carbons (Fsp3) is 0.500. The van der Waals surface area contributed by atoms with E-state index in [0.717, 1.165) is 44.1 Å². The van der Waals surface area contributed by atoms with Gasteiger partial charge < -0.3 is 15.3 Å². The van der Waals surface area contributed by atoms with Crippen LogP contribution in [0.2, 0.25) is 0 Å². The fourth-order valence-electron chi connectivity index (χ4n) is 7.14. The standard InChI is InChI=1S/C32H42O3/c1-22(9-7-10-23(2)17-19-33)8-5-4-6-11-24-20-25-21-26(34)12-13-27(25)28-16-18-32(3)29(31(24)28)14-15-30(32)35/h4-10,12-13,17,21,24,28-31,33-35H,11,14-16,18-20H2,1-3H3/t24-,28?,29?,30+,31?,32+/m1/s1. The van der Waals surface area contributed by atoms with Crippen molar-refractivity contribution >= 4 is 0 Å². The smallest absolute Gasteiger partial charge is 0.115 e. The second-order valence-corrected chi connectivity index (χ2v) is 11.2. The topological polar surface area (TPSA) is 60.7 Å². The third kappa shape index (κ3) is 5.57. The zero-order chi connectivity index (χ0) is 25.0. The van der Waals surface area contributed by atoms with E-state index in [9.17, 15) is 10.2 Å². The van der Waals surface area contributed by atoms with Crippen LogP contribution in [-0.2, 0) is 6.42 Å². The highest BCUT2D eigenvalue weighted by molar-refractivity contribution is 5.41. The maximum Gasteiger partial charge on any atom is 0.115 e. The second-order valence-electron chi connectivity index (χ2n) is 11.2. The summed E-state index contributed by atoms with van der Waals surface area (Å²) in [5, 5.41) is 29.9. The lowest BCUT2D eigenvalue weighted by Crippen LogP contribution is -2.47. The Balaban J connectivity index is 1.47. The molecule has 3 aliphatic rings. The summed E-state index contributed by atoms with van der Waals surface area (Å²) in [5.41, 5.74) is 5.03. The van der Waals surface area contributed by atoms with Gasteiger partial charge in [0.1, 0.15) is 5.75 Å². The summed E-state index contributed by atoms with van der Waals surface area (Å²) in [6, 6.07) is 6.00. The molecule has 1 aromatic carbocycles. The first-order valence-electron chi connectivity index (χ1n) is 13.3. The van der Waals surface area contributed by atoms with Gasteiger partial charge in [-0.3, -0.25) is 0 Å². The summed E-state index contributed by atoms with van der Waals surface area (Å²) < 4.78 is 0. The number of aromatic hydroxyl groups is 1. The Labute approximate surface area is 211 Å². The van der Waals surface area contributed by atoms with E-state index in [1.807, 2.05) is 31.2 Å². The van der Waals surface area contributed by atoms with Gasteiger partial charge in [-0.25, -0.2) is 0 Å².